The van der Waals surface area contributed by atoms with E-state index in [9.17, 15) is 0 Å². The monoisotopic (exact) mass is 213 g/mol. The fourth-order valence-corrected chi connectivity index (χ4v) is 0.982. The molecule has 0 spiro atoms. The zero-order valence-corrected chi connectivity index (χ0v) is 6.84. The van der Waals surface area contributed by atoms with E-state index in [1.807, 2.05) is 0 Å². The predicted molar refractivity (Wildman–Crippen MR) is 36.0 cm³/mol. The molecule has 0 aliphatic rings. The van der Waals surface area contributed by atoms with Gasteiger partial charge in [-0.25, -0.2) is 0 Å². The summed E-state index contributed by atoms with van der Waals surface area (Å²) in [6.45, 7) is 2.14. The van der Waals surface area contributed by atoms with Crippen molar-refractivity contribution >= 4 is 31.9 Å². The lowest BCUT2D eigenvalue weighted by Gasteiger charge is -1.90. The molecule has 0 saturated carbocycles. The van der Waals surface area contributed by atoms with Crippen LogP contribution in [0.5, 0.6) is 0 Å². The lowest BCUT2D eigenvalue weighted by atomic mass is 10.4. The van der Waals surface area contributed by atoms with Gasteiger partial charge < -0.3 is 0 Å². The molecule has 2 heteroatoms. The summed E-state index contributed by atoms with van der Waals surface area (Å²) in [5.41, 5.74) is 0. The Kier molecular flexibility index (Phi) is 4.79. The topological polar surface area (TPSA) is 0 Å². The molecule has 0 aromatic heterocycles. The van der Waals surface area contributed by atoms with Gasteiger partial charge in [-0.15, -0.1) is 0 Å². The fourth-order valence-electron chi connectivity index (χ4n) is 0.189. The maximum absolute atomic E-state index is 3.27. The molecule has 0 atom stereocenters. The normalized spacial score (nSPS) is 10.0. The Balaban J connectivity index is 2.63. The minimum Gasteiger partial charge on any atom is -0.0702 e. The van der Waals surface area contributed by atoms with Crippen molar-refractivity contribution in [1.82, 2.24) is 0 Å². The molecule has 0 unspecified atom stereocenters. The van der Waals surface area contributed by atoms with Crippen LogP contribution in [0, 0.1) is 3.74 Å². The molecule has 0 heterocycles. The van der Waals surface area contributed by atoms with Crippen LogP contribution in [0.4, 0.5) is 0 Å². The highest BCUT2D eigenvalue weighted by Crippen LogP contribution is 2.22. The van der Waals surface area contributed by atoms with Crippen molar-refractivity contribution in [2.45, 2.75) is 19.8 Å². The Morgan fingerprint density at radius 3 is 2.00 bits per heavy atom. The van der Waals surface area contributed by atoms with Crippen LogP contribution in [0.2, 0.25) is 0 Å². The minimum absolute atomic E-state index is 1.12. The molecule has 0 aliphatic heterocycles. The second-order valence-electron chi connectivity index (χ2n) is 1.09. The minimum atomic E-state index is 1.12. The molecule has 0 N–H and O–H groups in total. The summed E-state index contributed by atoms with van der Waals surface area (Å²) >= 11 is 6.54. The average molecular weight is 215 g/mol. The predicted octanol–water partition coefficient (Wildman–Crippen LogP) is 3.07. The van der Waals surface area contributed by atoms with Gasteiger partial charge in [0.15, 0.2) is 0 Å². The van der Waals surface area contributed by atoms with Gasteiger partial charge in [-0.1, -0.05) is 45.2 Å². The maximum atomic E-state index is 3.27. The first-order valence-electron chi connectivity index (χ1n) is 1.94. The van der Waals surface area contributed by atoms with E-state index in [-0.39, 0.29) is 0 Å². The van der Waals surface area contributed by atoms with Crippen molar-refractivity contribution in [1.29, 1.82) is 0 Å². The van der Waals surface area contributed by atoms with Crippen molar-refractivity contribution in [3.8, 4) is 0 Å². The first-order valence-corrected chi connectivity index (χ1v) is 3.52. The molecule has 0 fully saturated rings. The Hall–Kier alpha value is 0.960. The Morgan fingerprint density at radius 2 is 2.00 bits per heavy atom. The maximum Gasteiger partial charge on any atom is 0.105 e. The molecule has 0 aromatic rings. The third-order valence-corrected chi connectivity index (χ3v) is 1.23. The molecule has 0 aromatic carbocycles. The third-order valence-electron chi connectivity index (χ3n) is 0.439. The second kappa shape index (κ2) is 4.13. The number of halogens is 2. The third kappa shape index (κ3) is 4.96. The van der Waals surface area contributed by atoms with Crippen molar-refractivity contribution in [2.24, 2.45) is 0 Å². The number of hydrogen-bond donors (Lipinski definition) is 0. The first kappa shape index (κ1) is 6.96. The van der Waals surface area contributed by atoms with E-state index >= 15 is 0 Å². The molecule has 0 rings (SSSR count). The van der Waals surface area contributed by atoms with E-state index in [1.165, 1.54) is 6.42 Å². The summed E-state index contributed by atoms with van der Waals surface area (Å²) in [6, 6.07) is 0. The molecular formula is C4H7Br2. The molecule has 0 bridgehead atoms. The highest BCUT2D eigenvalue weighted by molar-refractivity contribution is 9.27. The quantitative estimate of drug-likeness (QED) is 0.663. The van der Waals surface area contributed by atoms with Gasteiger partial charge in [0.1, 0.15) is 3.74 Å². The van der Waals surface area contributed by atoms with Crippen LogP contribution in [0.15, 0.2) is 0 Å². The summed E-state index contributed by atoms with van der Waals surface area (Å²) < 4.78 is 1.16. The highest BCUT2D eigenvalue weighted by Gasteiger charge is 1.91. The zero-order valence-electron chi connectivity index (χ0n) is 3.67. The molecule has 1 radical (unpaired) electrons. The van der Waals surface area contributed by atoms with Gasteiger partial charge in [0.2, 0.25) is 0 Å². The number of hydrogen-bond acceptors (Lipinski definition) is 0. The van der Waals surface area contributed by atoms with E-state index in [2.05, 4.69) is 38.8 Å². The standard InChI is InChI=1S/C4H7Br2/c1-2-3-4(5)6/h2-3H2,1H3. The highest BCUT2D eigenvalue weighted by atomic mass is 79.9. The van der Waals surface area contributed by atoms with Gasteiger partial charge >= 0.3 is 0 Å². The lowest BCUT2D eigenvalue weighted by molar-refractivity contribution is 0.938. The zero-order chi connectivity index (χ0) is 4.99. The van der Waals surface area contributed by atoms with Gasteiger partial charge in [-0.05, 0) is 6.42 Å². The summed E-state index contributed by atoms with van der Waals surface area (Å²) in [6.07, 6.45) is 2.33. The van der Waals surface area contributed by atoms with Crippen LogP contribution < -0.4 is 0 Å². The van der Waals surface area contributed by atoms with Crippen LogP contribution in [0.1, 0.15) is 19.8 Å². The first-order chi connectivity index (χ1) is 2.77. The van der Waals surface area contributed by atoms with Gasteiger partial charge in [0.05, 0.1) is 0 Å². The summed E-state index contributed by atoms with van der Waals surface area (Å²) in [7, 11) is 0. The van der Waals surface area contributed by atoms with Crippen LogP contribution in [-0.2, 0) is 0 Å². The van der Waals surface area contributed by atoms with E-state index in [0.29, 0.717) is 0 Å². The Bertz CT molecular complexity index is 26.7. The van der Waals surface area contributed by atoms with Crippen molar-refractivity contribution in [2.75, 3.05) is 0 Å². The summed E-state index contributed by atoms with van der Waals surface area (Å²) in [5, 5.41) is 0. The van der Waals surface area contributed by atoms with Crippen LogP contribution in [0.25, 0.3) is 0 Å². The lowest BCUT2D eigenvalue weighted by Crippen LogP contribution is -1.68. The van der Waals surface area contributed by atoms with Crippen molar-refractivity contribution in [3.05, 3.63) is 3.74 Å². The Labute approximate surface area is 55.6 Å². The Morgan fingerprint density at radius 1 is 1.50 bits per heavy atom. The van der Waals surface area contributed by atoms with Gasteiger partial charge in [-0.3, -0.25) is 0 Å². The van der Waals surface area contributed by atoms with E-state index < -0.39 is 0 Å². The fraction of sp³-hybridized carbons (Fsp3) is 0.750. The van der Waals surface area contributed by atoms with Crippen molar-refractivity contribution in [3.63, 3.8) is 0 Å². The van der Waals surface area contributed by atoms with E-state index in [0.717, 1.165) is 10.2 Å². The molecular weight excluding hydrogens is 208 g/mol. The summed E-state index contributed by atoms with van der Waals surface area (Å²) in [4.78, 5) is 0. The molecule has 0 aliphatic carbocycles. The molecule has 0 nitrogen and oxygen atoms in total. The molecule has 0 saturated heterocycles. The smallest absolute Gasteiger partial charge is 0.0702 e. The summed E-state index contributed by atoms with van der Waals surface area (Å²) in [5.74, 6) is 0. The molecule has 37 valence electrons. The van der Waals surface area contributed by atoms with Crippen LogP contribution in [0.3, 0.4) is 0 Å². The largest absolute Gasteiger partial charge is 0.105 e. The average Bonchev–Trinajstić information content (AvgIpc) is 1.35. The van der Waals surface area contributed by atoms with Gasteiger partial charge in [0, 0.05) is 0 Å². The SMILES string of the molecule is CCC[C](Br)Br. The van der Waals surface area contributed by atoms with Crippen LogP contribution in [-0.4, -0.2) is 0 Å². The van der Waals surface area contributed by atoms with Gasteiger partial charge in [0.25, 0.3) is 0 Å². The molecule has 6 heavy (non-hydrogen) atoms. The molecule has 0 amide bonds. The van der Waals surface area contributed by atoms with E-state index in [4.69, 9.17) is 0 Å². The number of rotatable bonds is 2. The van der Waals surface area contributed by atoms with Crippen LogP contribution >= 0.6 is 31.9 Å². The van der Waals surface area contributed by atoms with E-state index in [1.54, 1.807) is 0 Å². The van der Waals surface area contributed by atoms with Crippen molar-refractivity contribution < 1.29 is 0 Å². The van der Waals surface area contributed by atoms with Gasteiger partial charge in [-0.2, -0.15) is 0 Å². The second-order valence-corrected chi connectivity index (χ2v) is 4.07.